The second kappa shape index (κ2) is 6.68. The van der Waals surface area contributed by atoms with Crippen LogP contribution in [-0.2, 0) is 30.4 Å². The Bertz CT molecular complexity index is 934. The number of carbonyl (C=O) groups is 1. The summed E-state index contributed by atoms with van der Waals surface area (Å²) in [4.78, 5) is 13.6. The molecule has 0 atom stereocenters. The van der Waals surface area contributed by atoms with Gasteiger partial charge in [-0.05, 0) is 50.2 Å². The molecule has 142 valence electrons. The Morgan fingerprint density at radius 3 is 2.78 bits per heavy atom. The van der Waals surface area contributed by atoms with Crippen molar-refractivity contribution in [3.63, 3.8) is 0 Å². The fraction of sp³-hybridized carbons (Fsp3) is 0.500. The molecule has 0 radical (unpaired) electrons. The molecule has 2 aliphatic carbocycles. The lowest BCUT2D eigenvalue weighted by Crippen LogP contribution is -2.21. The Hall–Kier alpha value is -2.34. The van der Waals surface area contributed by atoms with Crippen LogP contribution in [0.1, 0.15) is 59.0 Å². The molecule has 0 saturated heterocycles. The molecule has 5 nitrogen and oxygen atoms in total. The number of aryl methyl sites for hydroxylation is 1. The van der Waals surface area contributed by atoms with Gasteiger partial charge in [0.05, 0.1) is 5.56 Å². The van der Waals surface area contributed by atoms with E-state index >= 15 is 0 Å². The van der Waals surface area contributed by atoms with Gasteiger partial charge in [0.15, 0.2) is 5.69 Å². The summed E-state index contributed by atoms with van der Waals surface area (Å²) in [5, 5.41) is 16.3. The van der Waals surface area contributed by atoms with Gasteiger partial charge in [-0.1, -0.05) is 0 Å². The maximum Gasteiger partial charge on any atom is 0.435 e. The smallest absolute Gasteiger partial charge is 0.315 e. The summed E-state index contributed by atoms with van der Waals surface area (Å²) in [5.74, 6) is -0.436. The number of nitrogens with one attached hydrogen (secondary N) is 1. The number of nitrogens with zero attached hydrogens (tertiary/aromatic N) is 3. The number of aromatic nitrogens is 2. The molecule has 27 heavy (non-hydrogen) atoms. The van der Waals surface area contributed by atoms with E-state index in [1.54, 1.807) is 0 Å². The van der Waals surface area contributed by atoms with Crippen LogP contribution in [0.5, 0.6) is 0 Å². The van der Waals surface area contributed by atoms with Gasteiger partial charge in [0.25, 0.3) is 0 Å². The Labute approximate surface area is 157 Å². The molecule has 2 heterocycles. The molecule has 1 amide bonds. The van der Waals surface area contributed by atoms with E-state index in [0.29, 0.717) is 16.3 Å². The van der Waals surface area contributed by atoms with E-state index in [4.69, 9.17) is 0 Å². The molecule has 1 saturated carbocycles. The third-order valence-electron chi connectivity index (χ3n) is 4.93. The van der Waals surface area contributed by atoms with Crippen LogP contribution in [0.3, 0.4) is 0 Å². The maximum atomic E-state index is 13.0. The summed E-state index contributed by atoms with van der Waals surface area (Å²) in [6.07, 6.45) is 0.872. The fourth-order valence-corrected chi connectivity index (χ4v) is 4.73. The van der Waals surface area contributed by atoms with Crippen molar-refractivity contribution in [1.82, 2.24) is 9.78 Å². The quantitative estimate of drug-likeness (QED) is 0.844. The molecule has 2 aromatic rings. The molecule has 0 unspecified atom stereocenters. The van der Waals surface area contributed by atoms with E-state index in [1.165, 1.54) is 11.3 Å². The predicted molar refractivity (Wildman–Crippen MR) is 93.5 cm³/mol. The molecule has 0 aromatic carbocycles. The van der Waals surface area contributed by atoms with E-state index in [9.17, 15) is 23.2 Å². The van der Waals surface area contributed by atoms with Gasteiger partial charge in [0.2, 0.25) is 5.91 Å². The van der Waals surface area contributed by atoms with Crippen LogP contribution in [0.15, 0.2) is 6.07 Å². The number of rotatable bonds is 4. The molecule has 0 spiro atoms. The Morgan fingerprint density at radius 1 is 1.37 bits per heavy atom. The Morgan fingerprint density at radius 2 is 2.11 bits per heavy atom. The molecular formula is C18H17F3N4OS. The van der Waals surface area contributed by atoms with Gasteiger partial charge < -0.3 is 5.32 Å². The van der Waals surface area contributed by atoms with Crippen LogP contribution in [-0.4, -0.2) is 15.7 Å². The number of hydrogen-bond donors (Lipinski definition) is 1. The van der Waals surface area contributed by atoms with Gasteiger partial charge in [-0.2, -0.15) is 23.5 Å². The number of hydrogen-bond acceptors (Lipinski definition) is 4. The number of alkyl halides is 3. The van der Waals surface area contributed by atoms with Gasteiger partial charge in [0.1, 0.15) is 17.6 Å². The molecule has 1 N–H and O–H groups in total. The predicted octanol–water partition coefficient (Wildman–Crippen LogP) is 4.23. The van der Waals surface area contributed by atoms with Crippen molar-refractivity contribution < 1.29 is 18.0 Å². The minimum atomic E-state index is -4.54. The van der Waals surface area contributed by atoms with Crippen LogP contribution in [0, 0.1) is 11.3 Å². The zero-order valence-electron chi connectivity index (χ0n) is 14.4. The Balaban J connectivity index is 1.55. The van der Waals surface area contributed by atoms with Crippen molar-refractivity contribution >= 4 is 22.2 Å². The van der Waals surface area contributed by atoms with E-state index in [-0.39, 0.29) is 12.5 Å². The molecular weight excluding hydrogens is 377 g/mol. The third kappa shape index (κ3) is 3.58. The summed E-state index contributed by atoms with van der Waals surface area (Å²) in [7, 11) is 0. The average Bonchev–Trinajstić information content (AvgIpc) is 3.26. The van der Waals surface area contributed by atoms with Crippen LogP contribution in [0.25, 0.3) is 0 Å². The van der Waals surface area contributed by atoms with Gasteiger partial charge in [-0.25, -0.2) is 0 Å². The average molecular weight is 394 g/mol. The number of carbonyl (C=O) groups excluding carboxylic acids is 1. The highest BCUT2D eigenvalue weighted by Gasteiger charge is 2.38. The standard InChI is InChI=1S/C18H17F3N4OS/c19-18(20,21)15-7-13(10-5-6-10)25(24-15)9-16(26)23-17-12(8-22)11-3-1-2-4-14(11)27-17/h7,10H,1-6,9H2,(H,23,26). The number of fused-ring (bicyclic) bond motifs is 1. The largest absolute Gasteiger partial charge is 0.435 e. The first kappa shape index (κ1) is 18.0. The molecule has 0 aliphatic heterocycles. The lowest BCUT2D eigenvalue weighted by Gasteiger charge is -2.09. The van der Waals surface area contributed by atoms with E-state index in [0.717, 1.165) is 59.7 Å². The van der Waals surface area contributed by atoms with E-state index in [1.807, 2.05) is 0 Å². The van der Waals surface area contributed by atoms with Gasteiger partial charge in [0, 0.05) is 16.5 Å². The second-order valence-electron chi connectivity index (χ2n) is 6.96. The van der Waals surface area contributed by atoms with Crippen molar-refractivity contribution in [2.75, 3.05) is 5.32 Å². The minimum Gasteiger partial charge on any atom is -0.315 e. The van der Waals surface area contributed by atoms with E-state index in [2.05, 4.69) is 16.5 Å². The zero-order valence-corrected chi connectivity index (χ0v) is 15.2. The summed E-state index contributed by atoms with van der Waals surface area (Å²) in [6.45, 7) is -0.296. The van der Waals surface area contributed by atoms with Crippen LogP contribution < -0.4 is 5.32 Å². The normalized spacial score (nSPS) is 16.7. The lowest BCUT2D eigenvalue weighted by atomic mass is 9.96. The summed E-state index contributed by atoms with van der Waals surface area (Å²) in [5.41, 5.74) is 0.966. The maximum absolute atomic E-state index is 13.0. The van der Waals surface area contributed by atoms with E-state index < -0.39 is 17.8 Å². The number of halogens is 3. The van der Waals surface area contributed by atoms with Crippen LogP contribution >= 0.6 is 11.3 Å². The summed E-state index contributed by atoms with van der Waals surface area (Å²) in [6, 6.07) is 3.20. The van der Waals surface area contributed by atoms with Crippen LogP contribution in [0.2, 0.25) is 0 Å². The minimum absolute atomic E-state index is 0.0325. The van der Waals surface area contributed by atoms with Crippen molar-refractivity contribution in [3.05, 3.63) is 33.5 Å². The number of nitriles is 1. The highest BCUT2D eigenvalue weighted by molar-refractivity contribution is 7.16. The zero-order chi connectivity index (χ0) is 19.2. The number of thiophene rings is 1. The first-order chi connectivity index (χ1) is 12.9. The third-order valence-corrected chi connectivity index (χ3v) is 6.13. The van der Waals surface area contributed by atoms with Crippen molar-refractivity contribution in [2.45, 2.75) is 57.2 Å². The van der Waals surface area contributed by atoms with Crippen molar-refractivity contribution in [1.29, 1.82) is 5.26 Å². The van der Waals surface area contributed by atoms with Gasteiger partial charge >= 0.3 is 6.18 Å². The molecule has 2 aromatic heterocycles. The molecule has 2 aliphatic rings. The molecule has 1 fully saturated rings. The van der Waals surface area contributed by atoms with Crippen molar-refractivity contribution in [2.24, 2.45) is 0 Å². The van der Waals surface area contributed by atoms with Gasteiger partial charge in [-0.3, -0.25) is 9.48 Å². The first-order valence-corrected chi connectivity index (χ1v) is 9.68. The second-order valence-corrected chi connectivity index (χ2v) is 8.06. The van der Waals surface area contributed by atoms with Crippen LogP contribution in [0.4, 0.5) is 18.2 Å². The lowest BCUT2D eigenvalue weighted by molar-refractivity contribution is -0.141. The molecule has 9 heteroatoms. The van der Waals surface area contributed by atoms with Gasteiger partial charge in [-0.15, -0.1) is 11.3 Å². The topological polar surface area (TPSA) is 70.7 Å². The fourth-order valence-electron chi connectivity index (χ4n) is 3.48. The summed E-state index contributed by atoms with van der Waals surface area (Å²) < 4.78 is 40.1. The number of anilines is 1. The highest BCUT2D eigenvalue weighted by Crippen LogP contribution is 2.42. The first-order valence-electron chi connectivity index (χ1n) is 8.86. The highest BCUT2D eigenvalue weighted by atomic mass is 32.1. The Kier molecular flexibility index (Phi) is 4.46. The SMILES string of the molecule is N#Cc1c(NC(=O)Cn2nc(C(F)(F)F)cc2C2CC2)sc2c1CCCC2. The monoisotopic (exact) mass is 394 g/mol. The van der Waals surface area contributed by atoms with Crippen molar-refractivity contribution in [3.8, 4) is 6.07 Å². The summed E-state index contributed by atoms with van der Waals surface area (Å²) >= 11 is 1.39. The number of amides is 1. The molecule has 4 rings (SSSR count). The molecule has 0 bridgehead atoms.